The number of benzene rings is 1. The Kier molecular flexibility index (Phi) is 5.39. The largest absolute Gasteiger partial charge is 0.347 e. The minimum atomic E-state index is -3.58. The summed E-state index contributed by atoms with van der Waals surface area (Å²) in [5.74, 6) is -0.356. The van der Waals surface area contributed by atoms with Crippen LogP contribution in [0.3, 0.4) is 0 Å². The monoisotopic (exact) mass is 428 g/mol. The van der Waals surface area contributed by atoms with Crippen LogP contribution in [0, 0.1) is 0 Å². The second kappa shape index (κ2) is 7.35. The van der Waals surface area contributed by atoms with Gasteiger partial charge >= 0.3 is 0 Å². The first kappa shape index (κ1) is 17.6. The highest BCUT2D eigenvalue weighted by atomic mass is 79.9. The molecule has 128 valence electrons. The van der Waals surface area contributed by atoms with Crippen LogP contribution >= 0.6 is 27.3 Å². The van der Waals surface area contributed by atoms with Crippen molar-refractivity contribution in [3.05, 3.63) is 50.6 Å². The fourth-order valence-electron chi connectivity index (χ4n) is 2.60. The van der Waals surface area contributed by atoms with E-state index in [-0.39, 0.29) is 15.7 Å². The van der Waals surface area contributed by atoms with Gasteiger partial charge in [-0.05, 0) is 42.0 Å². The SMILES string of the molecule is O=C(NCc1ccc(Br)cc1)c1sccc1S(=O)(=O)N1CCCC1. The molecular weight excluding hydrogens is 412 g/mol. The summed E-state index contributed by atoms with van der Waals surface area (Å²) >= 11 is 4.52. The average Bonchev–Trinajstić information content (AvgIpc) is 3.25. The smallest absolute Gasteiger partial charge is 0.263 e. The van der Waals surface area contributed by atoms with Gasteiger partial charge in [-0.3, -0.25) is 4.79 Å². The third kappa shape index (κ3) is 3.72. The lowest BCUT2D eigenvalue weighted by Crippen LogP contribution is -2.30. The molecule has 0 saturated carbocycles. The number of thiophene rings is 1. The Bertz CT molecular complexity index is 825. The number of carbonyl (C=O) groups excluding carboxylic acids is 1. The van der Waals surface area contributed by atoms with Gasteiger partial charge in [-0.2, -0.15) is 4.31 Å². The molecule has 8 heteroatoms. The summed E-state index contributed by atoms with van der Waals surface area (Å²) in [6, 6.07) is 9.12. The van der Waals surface area contributed by atoms with E-state index in [0.29, 0.717) is 19.6 Å². The van der Waals surface area contributed by atoms with E-state index in [9.17, 15) is 13.2 Å². The van der Waals surface area contributed by atoms with Crippen LogP contribution in [-0.4, -0.2) is 31.7 Å². The first-order valence-electron chi connectivity index (χ1n) is 7.59. The van der Waals surface area contributed by atoms with E-state index in [4.69, 9.17) is 0 Å². The summed E-state index contributed by atoms with van der Waals surface area (Å²) in [5.41, 5.74) is 0.951. The number of halogens is 1. The molecule has 0 bridgehead atoms. The van der Waals surface area contributed by atoms with Crippen molar-refractivity contribution in [1.29, 1.82) is 0 Å². The zero-order valence-corrected chi connectivity index (χ0v) is 16.1. The molecule has 2 aromatic rings. The normalized spacial score (nSPS) is 15.5. The maximum Gasteiger partial charge on any atom is 0.263 e. The van der Waals surface area contributed by atoms with E-state index in [1.165, 1.54) is 10.4 Å². The number of amides is 1. The van der Waals surface area contributed by atoms with Gasteiger partial charge in [0.1, 0.15) is 9.77 Å². The molecule has 24 heavy (non-hydrogen) atoms. The van der Waals surface area contributed by atoms with Crippen LogP contribution in [0.25, 0.3) is 0 Å². The Morgan fingerprint density at radius 1 is 1.17 bits per heavy atom. The number of sulfonamides is 1. The van der Waals surface area contributed by atoms with E-state index >= 15 is 0 Å². The molecule has 3 rings (SSSR count). The summed E-state index contributed by atoms with van der Waals surface area (Å²) < 4.78 is 27.8. The zero-order valence-electron chi connectivity index (χ0n) is 12.9. The van der Waals surface area contributed by atoms with E-state index in [0.717, 1.165) is 34.2 Å². The van der Waals surface area contributed by atoms with Gasteiger partial charge in [-0.25, -0.2) is 8.42 Å². The van der Waals surface area contributed by atoms with Crippen molar-refractivity contribution in [2.75, 3.05) is 13.1 Å². The van der Waals surface area contributed by atoms with Gasteiger partial charge in [0.2, 0.25) is 10.0 Å². The van der Waals surface area contributed by atoms with Crippen LogP contribution in [-0.2, 0) is 16.6 Å². The minimum absolute atomic E-state index is 0.114. The van der Waals surface area contributed by atoms with Crippen molar-refractivity contribution in [3.63, 3.8) is 0 Å². The second-order valence-electron chi connectivity index (χ2n) is 5.53. The van der Waals surface area contributed by atoms with E-state index in [2.05, 4.69) is 21.2 Å². The fourth-order valence-corrected chi connectivity index (χ4v) is 5.70. The summed E-state index contributed by atoms with van der Waals surface area (Å²) in [7, 11) is -3.58. The van der Waals surface area contributed by atoms with Gasteiger partial charge in [0.15, 0.2) is 0 Å². The molecule has 1 saturated heterocycles. The van der Waals surface area contributed by atoms with Crippen LogP contribution < -0.4 is 5.32 Å². The lowest BCUT2D eigenvalue weighted by Gasteiger charge is -2.15. The van der Waals surface area contributed by atoms with Gasteiger partial charge in [0, 0.05) is 24.1 Å². The Labute approximate surface area is 153 Å². The Morgan fingerprint density at radius 2 is 1.83 bits per heavy atom. The van der Waals surface area contributed by atoms with Crippen molar-refractivity contribution >= 4 is 43.2 Å². The lowest BCUT2D eigenvalue weighted by atomic mass is 10.2. The molecule has 0 aliphatic carbocycles. The second-order valence-corrected chi connectivity index (χ2v) is 9.27. The van der Waals surface area contributed by atoms with Crippen molar-refractivity contribution in [2.45, 2.75) is 24.3 Å². The summed E-state index contributed by atoms with van der Waals surface area (Å²) in [6.07, 6.45) is 1.74. The van der Waals surface area contributed by atoms with Crippen molar-refractivity contribution < 1.29 is 13.2 Å². The molecule has 1 N–H and O–H groups in total. The van der Waals surface area contributed by atoms with Gasteiger partial charge < -0.3 is 5.32 Å². The van der Waals surface area contributed by atoms with Crippen molar-refractivity contribution in [1.82, 2.24) is 9.62 Å². The molecule has 1 aromatic carbocycles. The minimum Gasteiger partial charge on any atom is -0.347 e. The molecule has 0 atom stereocenters. The number of rotatable bonds is 5. The van der Waals surface area contributed by atoms with Crippen molar-refractivity contribution in [3.8, 4) is 0 Å². The highest BCUT2D eigenvalue weighted by Crippen LogP contribution is 2.27. The van der Waals surface area contributed by atoms with E-state index in [1.807, 2.05) is 24.3 Å². The van der Waals surface area contributed by atoms with Crippen LogP contribution in [0.1, 0.15) is 28.1 Å². The maximum atomic E-state index is 12.7. The molecule has 0 unspecified atom stereocenters. The van der Waals surface area contributed by atoms with Crippen LogP contribution in [0.2, 0.25) is 0 Å². The molecular formula is C16H17BrN2O3S2. The predicted molar refractivity (Wildman–Crippen MR) is 97.6 cm³/mol. The Balaban J connectivity index is 1.74. The molecule has 0 spiro atoms. The highest BCUT2D eigenvalue weighted by Gasteiger charge is 2.31. The van der Waals surface area contributed by atoms with Gasteiger partial charge in [0.25, 0.3) is 5.91 Å². The summed E-state index contributed by atoms with van der Waals surface area (Å²) in [5, 5.41) is 4.45. The molecule has 1 amide bonds. The molecule has 0 radical (unpaired) electrons. The topological polar surface area (TPSA) is 66.5 Å². The molecule has 1 aliphatic heterocycles. The third-order valence-corrected chi connectivity index (χ3v) is 7.40. The quantitative estimate of drug-likeness (QED) is 0.794. The van der Waals surface area contributed by atoms with Gasteiger partial charge in [0.05, 0.1) is 0 Å². The molecule has 1 aromatic heterocycles. The summed E-state index contributed by atoms with van der Waals surface area (Å²) in [4.78, 5) is 12.8. The molecule has 2 heterocycles. The average molecular weight is 429 g/mol. The third-order valence-electron chi connectivity index (χ3n) is 3.88. The molecule has 1 aliphatic rings. The Morgan fingerprint density at radius 3 is 2.50 bits per heavy atom. The number of nitrogens with zero attached hydrogens (tertiary/aromatic N) is 1. The maximum absolute atomic E-state index is 12.7. The number of hydrogen-bond donors (Lipinski definition) is 1. The van der Waals surface area contributed by atoms with Gasteiger partial charge in [-0.1, -0.05) is 28.1 Å². The fraction of sp³-hybridized carbons (Fsp3) is 0.312. The van der Waals surface area contributed by atoms with E-state index < -0.39 is 10.0 Å². The molecule has 1 fully saturated rings. The van der Waals surface area contributed by atoms with Crippen LogP contribution in [0.4, 0.5) is 0 Å². The van der Waals surface area contributed by atoms with Crippen LogP contribution in [0.15, 0.2) is 45.1 Å². The molecule has 5 nitrogen and oxygen atoms in total. The number of nitrogens with one attached hydrogen (secondary N) is 1. The van der Waals surface area contributed by atoms with E-state index in [1.54, 1.807) is 5.38 Å². The van der Waals surface area contributed by atoms with Crippen LogP contribution in [0.5, 0.6) is 0 Å². The predicted octanol–water partition coefficient (Wildman–Crippen LogP) is 3.23. The summed E-state index contributed by atoms with van der Waals surface area (Å²) in [6.45, 7) is 1.41. The number of carbonyl (C=O) groups is 1. The Hall–Kier alpha value is -1.22. The lowest BCUT2D eigenvalue weighted by molar-refractivity contribution is 0.0952. The van der Waals surface area contributed by atoms with Gasteiger partial charge in [-0.15, -0.1) is 11.3 Å². The number of hydrogen-bond acceptors (Lipinski definition) is 4. The zero-order chi connectivity index (χ0) is 17.2. The standard InChI is InChI=1S/C16H17BrN2O3S2/c17-13-5-3-12(4-6-13)11-18-16(20)15-14(7-10-23-15)24(21,22)19-8-1-2-9-19/h3-7,10H,1-2,8-9,11H2,(H,18,20). The first-order chi connectivity index (χ1) is 11.5. The highest BCUT2D eigenvalue weighted by molar-refractivity contribution is 9.10. The first-order valence-corrected chi connectivity index (χ1v) is 10.7. The van der Waals surface area contributed by atoms with Crippen molar-refractivity contribution in [2.24, 2.45) is 0 Å².